The summed E-state index contributed by atoms with van der Waals surface area (Å²) < 4.78 is 7.26. The van der Waals surface area contributed by atoms with Gasteiger partial charge in [-0.05, 0) is 18.4 Å². The molecule has 8 nitrogen and oxygen atoms in total. The lowest BCUT2D eigenvalue weighted by atomic mass is 10.2. The third-order valence-corrected chi connectivity index (χ3v) is 3.99. The van der Waals surface area contributed by atoms with Crippen molar-refractivity contribution in [3.8, 4) is 5.75 Å². The quantitative estimate of drug-likeness (QED) is 0.274. The number of non-ortho nitro benzene ring substituents is 1. The molecule has 0 spiro atoms. The van der Waals surface area contributed by atoms with Crippen molar-refractivity contribution in [3.63, 3.8) is 0 Å². The standard InChI is InChI=1S/C17H15N5O3S/c1-26-17-20-19-16(12-25-15-8-3-2-4-9-15)21(17)18-11-13-6-5-7-14(10-13)22(23)24/h2-11H,12H2,1H3/b18-11-. The Hall–Kier alpha value is -3.20. The summed E-state index contributed by atoms with van der Waals surface area (Å²) in [5.41, 5.74) is 0.616. The van der Waals surface area contributed by atoms with Crippen LogP contribution in [0.3, 0.4) is 0 Å². The van der Waals surface area contributed by atoms with Crippen LogP contribution in [0.5, 0.6) is 5.75 Å². The van der Waals surface area contributed by atoms with Gasteiger partial charge in [-0.3, -0.25) is 10.1 Å². The third kappa shape index (κ3) is 4.25. The molecule has 0 amide bonds. The van der Waals surface area contributed by atoms with Crippen LogP contribution in [0.1, 0.15) is 11.4 Å². The Labute approximate surface area is 153 Å². The molecule has 0 bridgehead atoms. The minimum atomic E-state index is -0.442. The maximum atomic E-state index is 10.9. The van der Waals surface area contributed by atoms with Crippen LogP contribution in [0.2, 0.25) is 0 Å². The van der Waals surface area contributed by atoms with Gasteiger partial charge in [0.05, 0.1) is 11.1 Å². The van der Waals surface area contributed by atoms with Gasteiger partial charge in [0.1, 0.15) is 12.4 Å². The van der Waals surface area contributed by atoms with Crippen molar-refractivity contribution < 1.29 is 9.66 Å². The first-order valence-corrected chi connectivity index (χ1v) is 8.85. The molecule has 132 valence electrons. The van der Waals surface area contributed by atoms with Gasteiger partial charge in [-0.15, -0.1) is 10.2 Å². The zero-order valence-electron chi connectivity index (χ0n) is 13.8. The highest BCUT2D eigenvalue weighted by Crippen LogP contribution is 2.17. The lowest BCUT2D eigenvalue weighted by molar-refractivity contribution is -0.384. The van der Waals surface area contributed by atoms with Crippen molar-refractivity contribution in [1.82, 2.24) is 14.9 Å². The minimum absolute atomic E-state index is 0.00966. The van der Waals surface area contributed by atoms with E-state index in [2.05, 4.69) is 15.3 Å². The zero-order chi connectivity index (χ0) is 18.4. The SMILES string of the molecule is CSc1nnc(COc2ccccc2)n1/N=C\c1cccc([N+](=O)[O-])c1. The number of nitro benzene ring substituents is 1. The van der Waals surface area contributed by atoms with Crippen molar-refractivity contribution in [1.29, 1.82) is 0 Å². The van der Waals surface area contributed by atoms with Crippen LogP contribution in [0.15, 0.2) is 64.9 Å². The summed E-state index contributed by atoms with van der Waals surface area (Å²) in [4.78, 5) is 10.4. The van der Waals surface area contributed by atoms with E-state index in [1.807, 2.05) is 36.6 Å². The van der Waals surface area contributed by atoms with E-state index in [0.29, 0.717) is 16.5 Å². The molecule has 0 N–H and O–H groups in total. The van der Waals surface area contributed by atoms with Crippen molar-refractivity contribution in [2.75, 3.05) is 6.26 Å². The Balaban J connectivity index is 1.81. The molecular formula is C17H15N5O3S. The number of nitro groups is 1. The fourth-order valence-electron chi connectivity index (χ4n) is 2.14. The number of nitrogens with zero attached hydrogens (tertiary/aromatic N) is 5. The Morgan fingerprint density at radius 1 is 1.23 bits per heavy atom. The summed E-state index contributed by atoms with van der Waals surface area (Å²) in [7, 11) is 0. The fourth-order valence-corrected chi connectivity index (χ4v) is 2.58. The number of benzene rings is 2. The van der Waals surface area contributed by atoms with Crippen molar-refractivity contribution >= 4 is 23.7 Å². The van der Waals surface area contributed by atoms with E-state index in [0.717, 1.165) is 5.75 Å². The monoisotopic (exact) mass is 369 g/mol. The van der Waals surface area contributed by atoms with E-state index in [9.17, 15) is 10.1 Å². The van der Waals surface area contributed by atoms with Crippen LogP contribution in [0, 0.1) is 10.1 Å². The average Bonchev–Trinajstić information content (AvgIpc) is 3.07. The van der Waals surface area contributed by atoms with E-state index in [1.54, 1.807) is 16.8 Å². The summed E-state index contributed by atoms with van der Waals surface area (Å²) in [5, 5.41) is 24.0. The predicted octanol–water partition coefficient (Wildman–Crippen LogP) is 3.37. The Morgan fingerprint density at radius 3 is 2.77 bits per heavy atom. The number of ether oxygens (including phenoxy) is 1. The summed E-state index contributed by atoms with van der Waals surface area (Å²) in [5.74, 6) is 1.25. The predicted molar refractivity (Wildman–Crippen MR) is 98.7 cm³/mol. The summed E-state index contributed by atoms with van der Waals surface area (Å²) >= 11 is 1.39. The van der Waals surface area contributed by atoms with E-state index in [4.69, 9.17) is 4.74 Å². The van der Waals surface area contributed by atoms with Gasteiger partial charge in [0.25, 0.3) is 5.69 Å². The Kier molecular flexibility index (Phi) is 5.59. The van der Waals surface area contributed by atoms with Gasteiger partial charge in [0.15, 0.2) is 5.82 Å². The normalized spacial score (nSPS) is 11.0. The minimum Gasteiger partial charge on any atom is -0.486 e. The first kappa shape index (κ1) is 17.6. The molecule has 0 aliphatic rings. The number of hydrogen-bond donors (Lipinski definition) is 0. The van der Waals surface area contributed by atoms with Gasteiger partial charge in [-0.2, -0.15) is 9.78 Å². The lowest BCUT2D eigenvalue weighted by Gasteiger charge is -2.06. The molecule has 0 saturated heterocycles. The number of thioether (sulfide) groups is 1. The van der Waals surface area contributed by atoms with E-state index >= 15 is 0 Å². The molecule has 1 heterocycles. The molecule has 2 aromatic carbocycles. The van der Waals surface area contributed by atoms with Crippen LogP contribution < -0.4 is 4.74 Å². The van der Waals surface area contributed by atoms with E-state index in [1.165, 1.54) is 30.1 Å². The molecule has 0 aliphatic carbocycles. The molecule has 26 heavy (non-hydrogen) atoms. The average molecular weight is 369 g/mol. The number of aromatic nitrogens is 3. The van der Waals surface area contributed by atoms with Crippen molar-refractivity contribution in [3.05, 3.63) is 76.1 Å². The summed E-state index contributed by atoms with van der Waals surface area (Å²) in [6.45, 7) is 0.198. The van der Waals surface area contributed by atoms with Gasteiger partial charge in [0, 0.05) is 17.7 Å². The van der Waals surface area contributed by atoms with Gasteiger partial charge in [-0.25, -0.2) is 0 Å². The molecule has 0 radical (unpaired) electrons. The highest BCUT2D eigenvalue weighted by Gasteiger charge is 2.11. The Bertz CT molecular complexity index is 927. The van der Waals surface area contributed by atoms with Crippen LogP contribution in [-0.4, -0.2) is 32.3 Å². The molecule has 3 aromatic rings. The molecule has 3 rings (SSSR count). The van der Waals surface area contributed by atoms with E-state index in [-0.39, 0.29) is 12.3 Å². The topological polar surface area (TPSA) is 95.4 Å². The van der Waals surface area contributed by atoms with Crippen molar-refractivity contribution in [2.24, 2.45) is 5.10 Å². The van der Waals surface area contributed by atoms with E-state index < -0.39 is 4.92 Å². The molecule has 0 fully saturated rings. The third-order valence-electron chi connectivity index (χ3n) is 3.37. The highest BCUT2D eigenvalue weighted by atomic mass is 32.2. The van der Waals surface area contributed by atoms with Gasteiger partial charge < -0.3 is 4.74 Å². The first-order valence-electron chi connectivity index (χ1n) is 7.62. The fraction of sp³-hybridized carbons (Fsp3) is 0.118. The second-order valence-electron chi connectivity index (χ2n) is 5.11. The molecule has 0 unspecified atom stereocenters. The summed E-state index contributed by atoms with van der Waals surface area (Å²) in [6.07, 6.45) is 3.40. The van der Waals surface area contributed by atoms with Crippen LogP contribution in [0.4, 0.5) is 5.69 Å². The van der Waals surface area contributed by atoms with Crippen LogP contribution in [-0.2, 0) is 6.61 Å². The zero-order valence-corrected chi connectivity index (χ0v) is 14.7. The number of hydrogen-bond acceptors (Lipinski definition) is 7. The first-order chi connectivity index (χ1) is 12.7. The molecule has 0 saturated carbocycles. The van der Waals surface area contributed by atoms with Crippen LogP contribution >= 0.6 is 11.8 Å². The highest BCUT2D eigenvalue weighted by molar-refractivity contribution is 7.98. The maximum absolute atomic E-state index is 10.9. The van der Waals surface area contributed by atoms with Gasteiger partial charge >= 0.3 is 0 Å². The van der Waals surface area contributed by atoms with Crippen molar-refractivity contribution in [2.45, 2.75) is 11.8 Å². The molecular weight excluding hydrogens is 354 g/mol. The molecule has 1 aromatic heterocycles. The number of rotatable bonds is 7. The smallest absolute Gasteiger partial charge is 0.270 e. The maximum Gasteiger partial charge on any atom is 0.270 e. The van der Waals surface area contributed by atoms with Crippen LogP contribution in [0.25, 0.3) is 0 Å². The van der Waals surface area contributed by atoms with Gasteiger partial charge in [-0.1, -0.05) is 42.1 Å². The largest absolute Gasteiger partial charge is 0.486 e. The Morgan fingerprint density at radius 2 is 2.04 bits per heavy atom. The molecule has 0 aliphatic heterocycles. The lowest BCUT2D eigenvalue weighted by Crippen LogP contribution is -2.04. The second-order valence-corrected chi connectivity index (χ2v) is 5.89. The summed E-state index contributed by atoms with van der Waals surface area (Å²) in [6, 6.07) is 15.6. The number of para-hydroxylation sites is 1. The van der Waals surface area contributed by atoms with Gasteiger partial charge in [0.2, 0.25) is 5.16 Å². The second kappa shape index (κ2) is 8.26. The molecule has 9 heteroatoms. The molecule has 0 atom stereocenters.